The number of nitrogens with zero attached hydrogens (tertiary/aromatic N) is 3. The summed E-state index contributed by atoms with van der Waals surface area (Å²) < 4.78 is 0. The molecule has 0 aromatic carbocycles. The zero-order valence-electron chi connectivity index (χ0n) is 8.63. The lowest BCUT2D eigenvalue weighted by molar-refractivity contribution is 0.532. The standard InChI is InChI=1S/C9H16N4/c1-6-11-7(5-10)13-8(12-6)9(2,3)4/h5,10H2,1-4H3. The maximum atomic E-state index is 5.48. The van der Waals surface area contributed by atoms with Gasteiger partial charge in [-0.15, -0.1) is 0 Å². The van der Waals surface area contributed by atoms with Gasteiger partial charge in [0.15, 0.2) is 0 Å². The molecule has 1 aromatic heterocycles. The topological polar surface area (TPSA) is 64.7 Å². The van der Waals surface area contributed by atoms with Gasteiger partial charge in [-0.3, -0.25) is 0 Å². The zero-order valence-corrected chi connectivity index (χ0v) is 8.63. The van der Waals surface area contributed by atoms with Crippen LogP contribution in [0.5, 0.6) is 0 Å². The van der Waals surface area contributed by atoms with Crippen molar-refractivity contribution in [2.45, 2.75) is 39.7 Å². The van der Waals surface area contributed by atoms with E-state index in [9.17, 15) is 0 Å². The van der Waals surface area contributed by atoms with Crippen LogP contribution in [0.3, 0.4) is 0 Å². The molecule has 0 saturated carbocycles. The summed E-state index contributed by atoms with van der Waals surface area (Å²) in [6.07, 6.45) is 0. The van der Waals surface area contributed by atoms with Crippen LogP contribution in [0.25, 0.3) is 0 Å². The van der Waals surface area contributed by atoms with Gasteiger partial charge < -0.3 is 5.73 Å². The first-order valence-electron chi connectivity index (χ1n) is 4.35. The number of hydrogen-bond acceptors (Lipinski definition) is 4. The fourth-order valence-electron chi connectivity index (χ4n) is 0.964. The summed E-state index contributed by atoms with van der Waals surface area (Å²) in [6, 6.07) is 0. The Morgan fingerprint density at radius 2 is 1.77 bits per heavy atom. The van der Waals surface area contributed by atoms with Crippen LogP contribution in [0.1, 0.15) is 38.2 Å². The van der Waals surface area contributed by atoms with E-state index in [0.717, 1.165) is 11.6 Å². The Labute approximate surface area is 78.6 Å². The van der Waals surface area contributed by atoms with Crippen molar-refractivity contribution in [3.05, 3.63) is 17.5 Å². The van der Waals surface area contributed by atoms with Gasteiger partial charge in [-0.25, -0.2) is 15.0 Å². The van der Waals surface area contributed by atoms with Crippen LogP contribution in [0.15, 0.2) is 0 Å². The van der Waals surface area contributed by atoms with E-state index in [2.05, 4.69) is 35.7 Å². The third-order valence-corrected chi connectivity index (χ3v) is 1.65. The molecular weight excluding hydrogens is 164 g/mol. The van der Waals surface area contributed by atoms with E-state index < -0.39 is 0 Å². The van der Waals surface area contributed by atoms with Crippen LogP contribution in [0, 0.1) is 6.92 Å². The summed E-state index contributed by atoms with van der Waals surface area (Å²) in [5.41, 5.74) is 5.43. The lowest BCUT2D eigenvalue weighted by atomic mass is 9.96. The van der Waals surface area contributed by atoms with Crippen LogP contribution in [-0.4, -0.2) is 15.0 Å². The summed E-state index contributed by atoms with van der Waals surface area (Å²) in [5, 5.41) is 0. The zero-order chi connectivity index (χ0) is 10.1. The van der Waals surface area contributed by atoms with E-state index in [0.29, 0.717) is 12.4 Å². The Kier molecular flexibility index (Phi) is 2.61. The highest BCUT2D eigenvalue weighted by atomic mass is 15.0. The van der Waals surface area contributed by atoms with Crippen LogP contribution >= 0.6 is 0 Å². The molecule has 0 radical (unpaired) electrons. The molecule has 13 heavy (non-hydrogen) atoms. The second-order valence-electron chi connectivity index (χ2n) is 4.08. The minimum absolute atomic E-state index is 0.0440. The molecule has 4 heteroatoms. The van der Waals surface area contributed by atoms with Crippen LogP contribution in [0.2, 0.25) is 0 Å². The lowest BCUT2D eigenvalue weighted by Crippen LogP contribution is -2.19. The molecule has 1 heterocycles. The maximum absolute atomic E-state index is 5.48. The number of aryl methyl sites for hydroxylation is 1. The molecule has 0 saturated heterocycles. The van der Waals surface area contributed by atoms with Crippen molar-refractivity contribution in [3.8, 4) is 0 Å². The predicted octanol–water partition coefficient (Wildman–Crippen LogP) is 0.936. The molecule has 0 bridgehead atoms. The maximum Gasteiger partial charge on any atom is 0.146 e. The fourth-order valence-corrected chi connectivity index (χ4v) is 0.964. The van der Waals surface area contributed by atoms with Gasteiger partial charge in [0.25, 0.3) is 0 Å². The summed E-state index contributed by atoms with van der Waals surface area (Å²) in [5.74, 6) is 2.21. The first-order valence-corrected chi connectivity index (χ1v) is 4.35. The van der Waals surface area contributed by atoms with E-state index >= 15 is 0 Å². The molecule has 0 amide bonds. The lowest BCUT2D eigenvalue weighted by Gasteiger charge is -2.16. The van der Waals surface area contributed by atoms with Gasteiger partial charge in [0.2, 0.25) is 0 Å². The van der Waals surface area contributed by atoms with Gasteiger partial charge in [0.1, 0.15) is 17.5 Å². The Hall–Kier alpha value is -1.03. The predicted molar refractivity (Wildman–Crippen MR) is 51.2 cm³/mol. The van der Waals surface area contributed by atoms with Gasteiger partial charge >= 0.3 is 0 Å². The number of rotatable bonds is 1. The SMILES string of the molecule is Cc1nc(CN)nc(C(C)(C)C)n1. The molecule has 1 aromatic rings. The molecule has 0 unspecified atom stereocenters. The van der Waals surface area contributed by atoms with E-state index in [-0.39, 0.29) is 5.41 Å². The summed E-state index contributed by atoms with van der Waals surface area (Å²) in [7, 11) is 0. The molecule has 1 rings (SSSR count). The largest absolute Gasteiger partial charge is 0.324 e. The van der Waals surface area contributed by atoms with Crippen molar-refractivity contribution in [2.75, 3.05) is 0 Å². The van der Waals surface area contributed by atoms with E-state index in [1.807, 2.05) is 6.92 Å². The van der Waals surface area contributed by atoms with Crippen molar-refractivity contribution in [1.29, 1.82) is 0 Å². The van der Waals surface area contributed by atoms with E-state index in [1.54, 1.807) is 0 Å². The Morgan fingerprint density at radius 1 is 1.15 bits per heavy atom. The monoisotopic (exact) mass is 180 g/mol. The van der Waals surface area contributed by atoms with Gasteiger partial charge in [-0.2, -0.15) is 0 Å². The molecule has 72 valence electrons. The molecule has 2 N–H and O–H groups in total. The van der Waals surface area contributed by atoms with Gasteiger partial charge in [-0.05, 0) is 6.92 Å². The average molecular weight is 180 g/mol. The summed E-state index contributed by atoms with van der Waals surface area (Å²) in [4.78, 5) is 12.7. The average Bonchev–Trinajstić information content (AvgIpc) is 2.01. The van der Waals surface area contributed by atoms with Crippen LogP contribution in [-0.2, 0) is 12.0 Å². The van der Waals surface area contributed by atoms with Crippen molar-refractivity contribution in [1.82, 2.24) is 15.0 Å². The minimum atomic E-state index is -0.0440. The van der Waals surface area contributed by atoms with Crippen molar-refractivity contribution in [3.63, 3.8) is 0 Å². The van der Waals surface area contributed by atoms with Gasteiger partial charge in [-0.1, -0.05) is 20.8 Å². The van der Waals surface area contributed by atoms with Gasteiger partial charge in [0.05, 0.1) is 6.54 Å². The number of nitrogens with two attached hydrogens (primary N) is 1. The molecule has 0 aliphatic heterocycles. The van der Waals surface area contributed by atoms with Gasteiger partial charge in [0, 0.05) is 5.41 Å². The van der Waals surface area contributed by atoms with E-state index in [1.165, 1.54) is 0 Å². The Balaban J connectivity index is 3.16. The van der Waals surface area contributed by atoms with Crippen LogP contribution < -0.4 is 5.73 Å². The normalized spacial score (nSPS) is 11.8. The smallest absolute Gasteiger partial charge is 0.146 e. The van der Waals surface area contributed by atoms with E-state index in [4.69, 9.17) is 5.73 Å². The highest BCUT2D eigenvalue weighted by molar-refractivity contribution is 5.04. The molecule has 0 aliphatic carbocycles. The number of hydrogen-bond donors (Lipinski definition) is 1. The molecule has 0 aliphatic rings. The third kappa shape index (κ3) is 2.45. The fraction of sp³-hybridized carbons (Fsp3) is 0.667. The van der Waals surface area contributed by atoms with Crippen LogP contribution in [0.4, 0.5) is 0 Å². The molecular formula is C9H16N4. The number of aromatic nitrogens is 3. The first-order chi connectivity index (χ1) is 5.93. The highest BCUT2D eigenvalue weighted by Crippen LogP contribution is 2.17. The van der Waals surface area contributed by atoms with Crippen molar-refractivity contribution >= 4 is 0 Å². The molecule has 4 nitrogen and oxygen atoms in total. The second kappa shape index (κ2) is 3.38. The van der Waals surface area contributed by atoms with Crippen molar-refractivity contribution < 1.29 is 0 Å². The molecule has 0 fully saturated rings. The Morgan fingerprint density at radius 3 is 2.23 bits per heavy atom. The quantitative estimate of drug-likeness (QED) is 0.698. The molecule has 0 spiro atoms. The third-order valence-electron chi connectivity index (χ3n) is 1.65. The summed E-state index contributed by atoms with van der Waals surface area (Å²) >= 11 is 0. The molecule has 0 atom stereocenters. The summed E-state index contributed by atoms with van der Waals surface area (Å²) in [6.45, 7) is 8.44. The minimum Gasteiger partial charge on any atom is -0.324 e. The van der Waals surface area contributed by atoms with Crippen molar-refractivity contribution in [2.24, 2.45) is 5.73 Å². The first kappa shape index (κ1) is 10.1. The Bertz CT molecular complexity index is 301. The second-order valence-corrected chi connectivity index (χ2v) is 4.08. The highest BCUT2D eigenvalue weighted by Gasteiger charge is 2.18.